The number of aromatic nitrogens is 2. The molecule has 0 saturated heterocycles. The molecular formula is C79H82BN3Si. The molecule has 0 bridgehead atoms. The van der Waals surface area contributed by atoms with Crippen molar-refractivity contribution in [2.75, 3.05) is 4.90 Å². The summed E-state index contributed by atoms with van der Waals surface area (Å²) >= 11 is 0. The maximum absolute atomic E-state index is 3.19. The molecule has 0 amide bonds. The molecule has 0 N–H and O–H groups in total. The summed E-state index contributed by atoms with van der Waals surface area (Å²) in [5, 5.41) is 11.6. The summed E-state index contributed by atoms with van der Waals surface area (Å²) in [7, 11) is -3.19. The molecule has 0 fully saturated rings. The molecule has 4 aliphatic rings. The SMILES string of the molecule is CC(C)c1ccc(N(c2cccc(C(C)C)c2)c2ccc3c4c2c2cc(C(C)C)ccc2n4-c2ccc4c5c2B3c2cc(C(C)(C)C)cc3c6cc(C(C)(C)C)cc(c6n-5c23)[Si]42c3cc(C(C)(C)C)ccc3-c3ccc(C(C)(C)C)cc32)cc1. The number of hydrogen-bond acceptors (Lipinski definition) is 1. The second-order valence-electron chi connectivity index (χ2n) is 30.8. The molecule has 1 spiro atoms. The van der Waals surface area contributed by atoms with Crippen LogP contribution in [0.25, 0.3) is 66.1 Å². The topological polar surface area (TPSA) is 13.1 Å². The van der Waals surface area contributed by atoms with Gasteiger partial charge in [-0.2, -0.15) is 0 Å². The smallest absolute Gasteiger partial charge is 0.252 e. The molecule has 15 rings (SSSR count). The third kappa shape index (κ3) is 7.17. The van der Waals surface area contributed by atoms with Gasteiger partial charge in [0.05, 0.1) is 22.2 Å². The van der Waals surface area contributed by atoms with Crippen molar-refractivity contribution < 1.29 is 0 Å². The minimum absolute atomic E-state index is 0.0330. The average molecular weight is 1110 g/mol. The molecule has 420 valence electrons. The van der Waals surface area contributed by atoms with Gasteiger partial charge in [-0.25, -0.2) is 0 Å². The van der Waals surface area contributed by atoms with Crippen molar-refractivity contribution >= 4 is 113 Å². The van der Waals surface area contributed by atoms with Crippen molar-refractivity contribution in [3.05, 3.63) is 191 Å². The molecule has 11 aromatic rings. The fourth-order valence-corrected chi connectivity index (χ4v) is 21.3. The third-order valence-corrected chi connectivity index (χ3v) is 25.3. The highest BCUT2D eigenvalue weighted by atomic mass is 28.3. The first-order chi connectivity index (χ1) is 39.7. The lowest BCUT2D eigenvalue weighted by Gasteiger charge is -2.43. The van der Waals surface area contributed by atoms with Gasteiger partial charge in [0.25, 0.3) is 6.71 Å². The lowest BCUT2D eigenvalue weighted by Crippen LogP contribution is -2.77. The molecule has 6 heterocycles. The van der Waals surface area contributed by atoms with Crippen molar-refractivity contribution in [2.45, 2.75) is 164 Å². The highest BCUT2D eigenvalue weighted by Crippen LogP contribution is 2.49. The molecular weight excluding hydrogens is 1030 g/mol. The molecule has 84 heavy (non-hydrogen) atoms. The Bertz CT molecular complexity index is 4620. The van der Waals surface area contributed by atoms with Crippen LogP contribution in [0.15, 0.2) is 152 Å². The summed E-state index contributed by atoms with van der Waals surface area (Å²) in [6.07, 6.45) is 0. The van der Waals surface area contributed by atoms with Crippen molar-refractivity contribution in [3.8, 4) is 22.5 Å². The first-order valence-electron chi connectivity index (χ1n) is 31.4. The van der Waals surface area contributed by atoms with Gasteiger partial charge in [-0.1, -0.05) is 216 Å². The Labute approximate surface area is 500 Å². The lowest BCUT2D eigenvalue weighted by atomic mass is 9.34. The molecule has 4 aliphatic heterocycles. The van der Waals surface area contributed by atoms with Gasteiger partial charge in [0.1, 0.15) is 0 Å². The van der Waals surface area contributed by atoms with E-state index in [1.807, 2.05) is 0 Å². The van der Waals surface area contributed by atoms with Gasteiger partial charge >= 0.3 is 0 Å². The van der Waals surface area contributed by atoms with Crippen LogP contribution in [0.5, 0.6) is 0 Å². The summed E-state index contributed by atoms with van der Waals surface area (Å²) in [5.74, 6) is 1.17. The zero-order valence-electron chi connectivity index (χ0n) is 53.1. The van der Waals surface area contributed by atoms with E-state index in [2.05, 4.69) is 290 Å². The monoisotopic (exact) mass is 1110 g/mol. The summed E-state index contributed by atoms with van der Waals surface area (Å²) in [5.41, 5.74) is 28.2. The van der Waals surface area contributed by atoms with Gasteiger partial charge in [0.15, 0.2) is 8.07 Å². The number of benzene rings is 9. The van der Waals surface area contributed by atoms with Crippen LogP contribution in [0, 0.1) is 0 Å². The first kappa shape index (κ1) is 53.4. The van der Waals surface area contributed by atoms with E-state index in [-0.39, 0.29) is 28.4 Å². The number of rotatable bonds is 6. The van der Waals surface area contributed by atoms with E-state index in [9.17, 15) is 0 Å². The quantitative estimate of drug-likeness (QED) is 0.151. The van der Waals surface area contributed by atoms with E-state index in [0.29, 0.717) is 17.8 Å². The van der Waals surface area contributed by atoms with Crippen LogP contribution in [-0.2, 0) is 21.7 Å². The minimum Gasteiger partial charge on any atom is -0.310 e. The lowest BCUT2D eigenvalue weighted by molar-refractivity contribution is 0.590. The second-order valence-corrected chi connectivity index (χ2v) is 34.5. The molecule has 0 aliphatic carbocycles. The van der Waals surface area contributed by atoms with Gasteiger partial charge in [-0.3, -0.25) is 0 Å². The Morgan fingerprint density at radius 1 is 0.405 bits per heavy atom. The molecule has 3 nitrogen and oxygen atoms in total. The van der Waals surface area contributed by atoms with Crippen LogP contribution in [-0.4, -0.2) is 23.9 Å². The standard InChI is InChI=1S/C79H82BN3Si/c1-44(2)47-22-27-54(28-23-47)81(55-21-19-20-48(36-55)45(3)4)64-33-31-61-74-70(64)60-37-49(46(5)6)24-32-63(60)82(74)65-34-35-66-75-71(65)80(61)62-40-52(78(13,14)15)38-58-59-39-53(79(16,17)18)43-69(73(59)83(75)72(58)62)84(66)67-41-50(76(7,8)9)25-29-56(67)57-30-26-51(42-68(57)84)77(10,11)12/h19-46H,1-18H3. The van der Waals surface area contributed by atoms with Gasteiger partial charge < -0.3 is 14.0 Å². The maximum atomic E-state index is 2.85. The van der Waals surface area contributed by atoms with Gasteiger partial charge in [-0.05, 0) is 187 Å². The van der Waals surface area contributed by atoms with Gasteiger partial charge in [0.2, 0.25) is 0 Å². The summed E-state index contributed by atoms with van der Waals surface area (Å²) < 4.78 is 5.58. The fourth-order valence-electron chi connectivity index (χ4n) is 15.6. The number of anilines is 3. The zero-order valence-corrected chi connectivity index (χ0v) is 54.1. The third-order valence-electron chi connectivity index (χ3n) is 20.4. The Kier molecular flexibility index (Phi) is 11.1. The average Bonchev–Trinajstić information content (AvgIpc) is 1.41. The highest BCUT2D eigenvalue weighted by Gasteiger charge is 2.57. The first-order valence-corrected chi connectivity index (χ1v) is 33.4. The van der Waals surface area contributed by atoms with Crippen LogP contribution >= 0.6 is 0 Å². The maximum Gasteiger partial charge on any atom is 0.252 e. The summed E-state index contributed by atoms with van der Waals surface area (Å²) in [4.78, 5) is 2.58. The van der Waals surface area contributed by atoms with Crippen molar-refractivity contribution in [3.63, 3.8) is 0 Å². The number of hydrogen-bond donors (Lipinski definition) is 0. The summed E-state index contributed by atoms with van der Waals surface area (Å²) in [6.45, 7) is 42.9. The molecule has 2 aromatic heterocycles. The predicted molar refractivity (Wildman–Crippen MR) is 368 cm³/mol. The second kappa shape index (κ2) is 17.4. The molecule has 5 heteroatoms. The van der Waals surface area contributed by atoms with Crippen molar-refractivity contribution in [1.82, 2.24) is 9.13 Å². The Morgan fingerprint density at radius 2 is 0.964 bits per heavy atom. The van der Waals surface area contributed by atoms with Crippen LogP contribution in [0.3, 0.4) is 0 Å². The summed E-state index contributed by atoms with van der Waals surface area (Å²) in [6, 6.07) is 62.6. The molecule has 0 unspecified atom stereocenters. The largest absolute Gasteiger partial charge is 0.310 e. The normalized spacial score (nSPS) is 14.7. The van der Waals surface area contributed by atoms with Crippen LogP contribution in [0.1, 0.15) is 181 Å². The van der Waals surface area contributed by atoms with E-state index in [0.717, 1.165) is 0 Å². The minimum atomic E-state index is -3.19. The number of fused-ring (bicyclic) bond motifs is 14. The van der Waals surface area contributed by atoms with E-state index in [4.69, 9.17) is 0 Å². The van der Waals surface area contributed by atoms with Crippen LogP contribution in [0.4, 0.5) is 17.1 Å². The Hall–Kier alpha value is -7.34. The Morgan fingerprint density at radius 3 is 1.56 bits per heavy atom. The molecule has 0 saturated carbocycles. The predicted octanol–water partition coefficient (Wildman–Crippen LogP) is 16.7. The van der Waals surface area contributed by atoms with Gasteiger partial charge in [-0.15, -0.1) is 0 Å². The van der Waals surface area contributed by atoms with Crippen molar-refractivity contribution in [2.24, 2.45) is 0 Å². The van der Waals surface area contributed by atoms with Gasteiger partial charge in [0, 0.05) is 49.8 Å². The zero-order chi connectivity index (χ0) is 59.0. The molecule has 9 aromatic carbocycles. The molecule has 0 atom stereocenters. The Balaban J connectivity index is 1.15. The highest BCUT2D eigenvalue weighted by molar-refractivity contribution is 7.24. The van der Waals surface area contributed by atoms with Crippen LogP contribution < -0.4 is 42.0 Å². The van der Waals surface area contributed by atoms with E-state index in [1.165, 1.54) is 144 Å². The fraction of sp³-hybridized carbons (Fsp3) is 0.316. The van der Waals surface area contributed by atoms with E-state index in [1.54, 1.807) is 15.6 Å². The molecule has 0 radical (unpaired) electrons. The van der Waals surface area contributed by atoms with Crippen molar-refractivity contribution in [1.29, 1.82) is 0 Å². The van der Waals surface area contributed by atoms with E-state index >= 15 is 0 Å². The number of nitrogens with zero attached hydrogens (tertiary/aromatic N) is 3. The van der Waals surface area contributed by atoms with Crippen LogP contribution in [0.2, 0.25) is 0 Å². The van der Waals surface area contributed by atoms with E-state index < -0.39 is 8.07 Å².